The Hall–Kier alpha value is -2.75. The zero-order chi connectivity index (χ0) is 24.2. The minimum Gasteiger partial charge on any atom is -0.447 e. The summed E-state index contributed by atoms with van der Waals surface area (Å²) in [4.78, 5) is 27.9. The van der Waals surface area contributed by atoms with Crippen molar-refractivity contribution in [3.63, 3.8) is 0 Å². The lowest BCUT2D eigenvalue weighted by molar-refractivity contribution is 0.0951. The molecule has 9 heteroatoms. The van der Waals surface area contributed by atoms with Crippen LogP contribution < -0.4 is 5.32 Å². The van der Waals surface area contributed by atoms with Crippen LogP contribution in [0.25, 0.3) is 0 Å². The van der Waals surface area contributed by atoms with Gasteiger partial charge >= 0.3 is 0 Å². The van der Waals surface area contributed by atoms with Crippen molar-refractivity contribution in [1.29, 1.82) is 0 Å². The molecule has 178 valence electrons. The van der Waals surface area contributed by atoms with E-state index in [9.17, 15) is 4.79 Å². The van der Waals surface area contributed by atoms with E-state index >= 15 is 0 Å². The number of carbonyl (C=O) groups excluding carboxylic acids is 1. The van der Waals surface area contributed by atoms with Gasteiger partial charge in [0, 0.05) is 29.4 Å². The molecule has 35 heavy (non-hydrogen) atoms. The molecule has 0 spiro atoms. The van der Waals surface area contributed by atoms with E-state index in [2.05, 4.69) is 31.2 Å². The third-order valence-corrected chi connectivity index (χ3v) is 8.54. The van der Waals surface area contributed by atoms with Crippen LogP contribution in [-0.2, 0) is 19.4 Å². The normalized spacial score (nSPS) is 13.2. The Bertz CT molecular complexity index is 1380. The number of fused-ring (bicyclic) bond motifs is 1. The number of nitrogens with zero attached hydrogens (tertiary/aromatic N) is 3. The van der Waals surface area contributed by atoms with Crippen molar-refractivity contribution in [2.45, 2.75) is 49.4 Å². The van der Waals surface area contributed by atoms with Crippen molar-refractivity contribution in [1.82, 2.24) is 15.3 Å². The van der Waals surface area contributed by atoms with Gasteiger partial charge in [-0.15, -0.1) is 11.3 Å². The summed E-state index contributed by atoms with van der Waals surface area (Å²) in [6.07, 6.45) is 7.56. The molecule has 3 aromatic heterocycles. The van der Waals surface area contributed by atoms with Gasteiger partial charge in [-0.3, -0.25) is 4.79 Å². The van der Waals surface area contributed by atoms with Gasteiger partial charge in [-0.1, -0.05) is 30.3 Å². The SMILES string of the molecule is Cc1ccnc(Sc2oc(C=Nc3sc4c(c3C(=O)NCc3ccccc3)CCCC4)cc2Br)n1. The summed E-state index contributed by atoms with van der Waals surface area (Å²) in [5.74, 6) is 0.517. The number of thiophene rings is 1. The van der Waals surface area contributed by atoms with Crippen molar-refractivity contribution >= 4 is 56.2 Å². The number of amides is 1. The standard InChI is InChI=1S/C26H23BrN4O2S2/c1-16-11-12-28-26(31-16)35-25-20(27)13-18(33-25)15-30-24-22(19-9-5-6-10-21(19)34-24)23(32)29-14-17-7-3-2-4-8-17/h2-4,7-8,11-13,15H,5-6,9-10,14H2,1H3,(H,29,32). The summed E-state index contributed by atoms with van der Waals surface area (Å²) < 4.78 is 6.78. The second-order valence-electron chi connectivity index (χ2n) is 8.18. The third kappa shape index (κ3) is 5.74. The maximum Gasteiger partial charge on any atom is 0.254 e. The molecule has 0 aliphatic heterocycles. The predicted octanol–water partition coefficient (Wildman–Crippen LogP) is 6.91. The number of hydrogen-bond donors (Lipinski definition) is 1. The highest BCUT2D eigenvalue weighted by Crippen LogP contribution is 2.40. The first-order valence-corrected chi connectivity index (χ1v) is 13.8. The summed E-state index contributed by atoms with van der Waals surface area (Å²) in [5.41, 5.74) is 3.81. The predicted molar refractivity (Wildman–Crippen MR) is 143 cm³/mol. The number of aromatic nitrogens is 2. The van der Waals surface area contributed by atoms with E-state index in [1.54, 1.807) is 23.7 Å². The smallest absolute Gasteiger partial charge is 0.254 e. The zero-order valence-corrected chi connectivity index (χ0v) is 22.3. The monoisotopic (exact) mass is 566 g/mol. The summed E-state index contributed by atoms with van der Waals surface area (Å²) in [6, 6.07) is 13.7. The van der Waals surface area contributed by atoms with Crippen LogP contribution >= 0.6 is 39.0 Å². The molecule has 3 heterocycles. The van der Waals surface area contributed by atoms with Gasteiger partial charge in [-0.05, 0) is 77.5 Å². The fourth-order valence-electron chi connectivity index (χ4n) is 3.93. The Labute approximate surface area is 220 Å². The molecule has 5 rings (SSSR count). The van der Waals surface area contributed by atoms with Crippen LogP contribution in [0, 0.1) is 6.92 Å². The van der Waals surface area contributed by atoms with Crippen molar-refractivity contribution in [3.8, 4) is 0 Å². The van der Waals surface area contributed by atoms with Gasteiger partial charge in [0.25, 0.3) is 5.91 Å². The quantitative estimate of drug-likeness (QED) is 0.194. The second kappa shape index (κ2) is 10.9. The molecular formula is C26H23BrN4O2S2. The number of furan rings is 1. The maximum atomic E-state index is 13.2. The molecule has 1 amide bonds. The first-order valence-electron chi connectivity index (χ1n) is 11.3. The number of halogens is 1. The van der Waals surface area contributed by atoms with E-state index in [0.29, 0.717) is 28.1 Å². The first kappa shape index (κ1) is 24.0. The molecule has 0 unspecified atom stereocenters. The summed E-state index contributed by atoms with van der Waals surface area (Å²) >= 11 is 6.51. The number of nitrogens with one attached hydrogen (secondary N) is 1. The lowest BCUT2D eigenvalue weighted by Crippen LogP contribution is -2.24. The number of benzene rings is 1. The van der Waals surface area contributed by atoms with E-state index < -0.39 is 0 Å². The number of hydrogen-bond acceptors (Lipinski definition) is 7. The molecule has 1 aromatic carbocycles. The fraction of sp³-hybridized carbons (Fsp3) is 0.231. The van der Waals surface area contributed by atoms with Crippen molar-refractivity contribution in [3.05, 3.63) is 86.2 Å². The van der Waals surface area contributed by atoms with Gasteiger partial charge in [0.05, 0.1) is 16.3 Å². The second-order valence-corrected chi connectivity index (χ2v) is 11.1. The van der Waals surface area contributed by atoms with Crippen LogP contribution in [0.3, 0.4) is 0 Å². The van der Waals surface area contributed by atoms with E-state index in [-0.39, 0.29) is 5.91 Å². The number of aliphatic imine (C=N–C) groups is 1. The van der Waals surface area contributed by atoms with Crippen LogP contribution in [0.5, 0.6) is 0 Å². The molecule has 0 atom stereocenters. The summed E-state index contributed by atoms with van der Waals surface area (Å²) in [7, 11) is 0. The molecular weight excluding hydrogens is 544 g/mol. The van der Waals surface area contributed by atoms with Crippen molar-refractivity contribution < 1.29 is 9.21 Å². The largest absolute Gasteiger partial charge is 0.447 e. The number of carbonyl (C=O) groups is 1. The number of rotatable bonds is 7. The molecule has 0 saturated heterocycles. The van der Waals surface area contributed by atoms with E-state index in [1.807, 2.05) is 49.4 Å². The third-order valence-electron chi connectivity index (χ3n) is 5.62. The molecule has 0 saturated carbocycles. The highest BCUT2D eigenvalue weighted by Gasteiger charge is 2.25. The van der Waals surface area contributed by atoms with Crippen LogP contribution in [0.4, 0.5) is 5.00 Å². The fourth-order valence-corrected chi connectivity index (χ4v) is 6.47. The average Bonchev–Trinajstić information content (AvgIpc) is 3.41. The minimum absolute atomic E-state index is 0.0751. The van der Waals surface area contributed by atoms with Gasteiger partial charge in [0.1, 0.15) is 10.8 Å². The summed E-state index contributed by atoms with van der Waals surface area (Å²) in [5, 5.41) is 5.08. The van der Waals surface area contributed by atoms with Crippen LogP contribution in [-0.4, -0.2) is 22.1 Å². The van der Waals surface area contributed by atoms with Gasteiger partial charge in [-0.2, -0.15) is 0 Å². The lowest BCUT2D eigenvalue weighted by atomic mass is 9.95. The van der Waals surface area contributed by atoms with E-state index in [1.165, 1.54) is 16.6 Å². The Balaban J connectivity index is 1.37. The Morgan fingerprint density at radius 2 is 2.09 bits per heavy atom. The van der Waals surface area contributed by atoms with Crippen molar-refractivity contribution in [2.75, 3.05) is 0 Å². The minimum atomic E-state index is -0.0751. The van der Waals surface area contributed by atoms with Crippen LogP contribution in [0.2, 0.25) is 0 Å². The molecule has 6 nitrogen and oxygen atoms in total. The van der Waals surface area contributed by atoms with Crippen LogP contribution in [0.15, 0.2) is 72.8 Å². The zero-order valence-electron chi connectivity index (χ0n) is 19.1. The van der Waals surface area contributed by atoms with Crippen LogP contribution in [0.1, 0.15) is 50.7 Å². The van der Waals surface area contributed by atoms with E-state index in [0.717, 1.165) is 52.0 Å². The summed E-state index contributed by atoms with van der Waals surface area (Å²) in [6.45, 7) is 2.41. The molecule has 0 bridgehead atoms. The maximum absolute atomic E-state index is 13.2. The van der Waals surface area contributed by atoms with Gasteiger partial charge in [0.2, 0.25) is 0 Å². The Morgan fingerprint density at radius 1 is 1.26 bits per heavy atom. The highest BCUT2D eigenvalue weighted by molar-refractivity contribution is 9.10. The van der Waals surface area contributed by atoms with Gasteiger partial charge in [0.15, 0.2) is 10.2 Å². The topological polar surface area (TPSA) is 80.4 Å². The molecule has 1 aliphatic carbocycles. The van der Waals surface area contributed by atoms with Gasteiger partial charge in [-0.25, -0.2) is 15.0 Å². The average molecular weight is 568 g/mol. The molecule has 0 radical (unpaired) electrons. The first-order chi connectivity index (χ1) is 17.1. The Kier molecular flexibility index (Phi) is 7.46. The molecule has 4 aromatic rings. The van der Waals surface area contributed by atoms with E-state index in [4.69, 9.17) is 9.41 Å². The Morgan fingerprint density at radius 3 is 2.91 bits per heavy atom. The van der Waals surface area contributed by atoms with Crippen molar-refractivity contribution in [2.24, 2.45) is 4.99 Å². The van der Waals surface area contributed by atoms with Gasteiger partial charge < -0.3 is 9.73 Å². The molecule has 0 fully saturated rings. The highest BCUT2D eigenvalue weighted by atomic mass is 79.9. The molecule has 1 aliphatic rings. The number of aryl methyl sites for hydroxylation is 2. The molecule has 1 N–H and O–H groups in total. The lowest BCUT2D eigenvalue weighted by Gasteiger charge is -2.12.